The molecule has 0 radical (unpaired) electrons. The summed E-state index contributed by atoms with van der Waals surface area (Å²) in [6, 6.07) is 16.8. The molecule has 0 unspecified atom stereocenters. The van der Waals surface area contributed by atoms with Gasteiger partial charge >= 0.3 is 29.6 Å². The van der Waals surface area contributed by atoms with Crippen LogP contribution >= 0.6 is 11.7 Å². The van der Waals surface area contributed by atoms with Crippen LogP contribution < -0.4 is 48.9 Å². The van der Waals surface area contributed by atoms with Gasteiger partial charge in [-0.3, -0.25) is 4.79 Å². The van der Waals surface area contributed by atoms with E-state index in [-0.39, 0.29) is 59.5 Å². The van der Waals surface area contributed by atoms with Crippen LogP contribution in [0.1, 0.15) is 21.5 Å². The SMILES string of the molecule is COc1cccc(CC(C(=O)c2ccc3c(c2)OCO3)=C(C(=O)[O-])c2ccc3nsnc3c2)c1.[Na+]. The molecule has 2 heterocycles. The minimum atomic E-state index is -1.46. The summed E-state index contributed by atoms with van der Waals surface area (Å²) in [5, 5.41) is 12.4. The quantitative estimate of drug-likeness (QED) is 0.201. The Morgan fingerprint density at radius 2 is 1.74 bits per heavy atom. The first kappa shape index (κ1) is 24.9. The van der Waals surface area contributed by atoms with Crippen molar-refractivity contribution >= 4 is 40.1 Å². The number of Topliss-reactive ketones (excluding diaryl/α,β-unsaturated/α-hetero) is 1. The minimum Gasteiger partial charge on any atom is -0.545 e. The molecule has 0 N–H and O–H groups in total. The Kier molecular flexibility index (Phi) is 7.51. The number of hydrogen-bond donors (Lipinski definition) is 0. The third-order valence-electron chi connectivity index (χ3n) is 5.47. The van der Waals surface area contributed by atoms with Gasteiger partial charge in [-0.2, -0.15) is 8.75 Å². The number of methoxy groups -OCH3 is 1. The van der Waals surface area contributed by atoms with Crippen molar-refractivity contribution in [3.05, 3.63) is 82.9 Å². The van der Waals surface area contributed by atoms with Gasteiger partial charge in [0.15, 0.2) is 17.3 Å². The summed E-state index contributed by atoms with van der Waals surface area (Å²) in [6.07, 6.45) is 0.0428. The Balaban J connectivity index is 0.00000289. The van der Waals surface area contributed by atoms with E-state index in [4.69, 9.17) is 14.2 Å². The van der Waals surface area contributed by atoms with Crippen molar-refractivity contribution in [1.29, 1.82) is 0 Å². The van der Waals surface area contributed by atoms with Crippen molar-refractivity contribution in [3.63, 3.8) is 0 Å². The van der Waals surface area contributed by atoms with E-state index in [2.05, 4.69) is 8.75 Å². The van der Waals surface area contributed by atoms with E-state index in [9.17, 15) is 14.7 Å². The number of carbonyl (C=O) groups is 2. The van der Waals surface area contributed by atoms with E-state index in [1.165, 1.54) is 7.11 Å². The summed E-state index contributed by atoms with van der Waals surface area (Å²) >= 11 is 1.03. The van der Waals surface area contributed by atoms with Gasteiger partial charge in [0, 0.05) is 23.1 Å². The molecule has 0 aliphatic carbocycles. The minimum absolute atomic E-state index is 0. The molecule has 0 bridgehead atoms. The fraction of sp³-hybridized carbons (Fsp3) is 0.120. The van der Waals surface area contributed by atoms with E-state index in [1.54, 1.807) is 60.7 Å². The molecule has 35 heavy (non-hydrogen) atoms. The summed E-state index contributed by atoms with van der Waals surface area (Å²) in [4.78, 5) is 26.2. The smallest absolute Gasteiger partial charge is 0.545 e. The monoisotopic (exact) mass is 496 g/mol. The van der Waals surface area contributed by atoms with Crippen molar-refractivity contribution in [2.24, 2.45) is 0 Å². The normalized spacial score (nSPS) is 12.6. The van der Waals surface area contributed by atoms with Crippen molar-refractivity contribution in [2.45, 2.75) is 6.42 Å². The first-order chi connectivity index (χ1) is 16.5. The molecule has 10 heteroatoms. The first-order valence-corrected chi connectivity index (χ1v) is 11.0. The van der Waals surface area contributed by atoms with Crippen molar-refractivity contribution in [1.82, 2.24) is 8.75 Å². The molecule has 1 aromatic heterocycles. The predicted octanol–water partition coefficient (Wildman–Crippen LogP) is 0.0617. The topological polar surface area (TPSA) is 111 Å². The zero-order chi connectivity index (χ0) is 23.7. The number of allylic oxidation sites excluding steroid dienone is 1. The maximum Gasteiger partial charge on any atom is 1.00 e. The number of ether oxygens (including phenoxy) is 3. The van der Waals surface area contributed by atoms with Gasteiger partial charge in [-0.05, 0) is 53.6 Å². The van der Waals surface area contributed by atoms with Crippen molar-refractivity contribution in [2.75, 3.05) is 13.9 Å². The molecule has 3 aromatic carbocycles. The van der Waals surface area contributed by atoms with Crippen LogP contribution in [0.2, 0.25) is 0 Å². The van der Waals surface area contributed by atoms with Gasteiger partial charge < -0.3 is 24.1 Å². The molecule has 0 saturated carbocycles. The summed E-state index contributed by atoms with van der Waals surface area (Å²) in [5.41, 5.74) is 2.33. The molecule has 1 aliphatic heterocycles. The fourth-order valence-corrected chi connectivity index (χ4v) is 4.35. The number of fused-ring (bicyclic) bond motifs is 2. The number of aliphatic carboxylic acids is 1. The Hall–Kier alpha value is -3.24. The van der Waals surface area contributed by atoms with Crippen LogP contribution in [0.15, 0.2) is 66.2 Å². The van der Waals surface area contributed by atoms with Gasteiger partial charge in [-0.15, -0.1) is 0 Å². The summed E-state index contributed by atoms with van der Waals surface area (Å²) in [7, 11) is 1.54. The van der Waals surface area contributed by atoms with Gasteiger partial charge in [-0.25, -0.2) is 0 Å². The number of rotatable bonds is 7. The van der Waals surface area contributed by atoms with E-state index in [1.807, 2.05) is 0 Å². The number of benzene rings is 3. The van der Waals surface area contributed by atoms with Gasteiger partial charge in [0.1, 0.15) is 16.8 Å². The Bertz CT molecular complexity index is 1470. The molecule has 5 rings (SSSR count). The number of ketones is 1. The van der Waals surface area contributed by atoms with E-state index >= 15 is 0 Å². The van der Waals surface area contributed by atoms with Gasteiger partial charge in [0.25, 0.3) is 0 Å². The summed E-state index contributed by atoms with van der Waals surface area (Å²) in [5.74, 6) is -0.378. The molecule has 4 aromatic rings. The first-order valence-electron chi connectivity index (χ1n) is 10.3. The van der Waals surface area contributed by atoms with Crippen LogP contribution in [0.3, 0.4) is 0 Å². The maximum absolute atomic E-state index is 13.7. The molecular formula is C25H17N2NaO6S. The summed E-state index contributed by atoms with van der Waals surface area (Å²) in [6.45, 7) is 0.0610. The molecule has 0 fully saturated rings. The van der Waals surface area contributed by atoms with Crippen LogP contribution in [0.4, 0.5) is 0 Å². The number of nitrogens with zero attached hydrogens (tertiary/aromatic N) is 2. The van der Waals surface area contributed by atoms with E-state index < -0.39 is 11.8 Å². The average molecular weight is 496 g/mol. The molecule has 0 spiro atoms. The second-order valence-corrected chi connectivity index (χ2v) is 8.06. The molecule has 170 valence electrons. The zero-order valence-electron chi connectivity index (χ0n) is 18.9. The van der Waals surface area contributed by atoms with Crippen LogP contribution in [-0.2, 0) is 11.2 Å². The Morgan fingerprint density at radius 3 is 2.54 bits per heavy atom. The van der Waals surface area contributed by atoms with Gasteiger partial charge in [-0.1, -0.05) is 18.2 Å². The molecule has 0 atom stereocenters. The number of aromatic nitrogens is 2. The number of carboxylic acids is 1. The second-order valence-electron chi connectivity index (χ2n) is 7.53. The van der Waals surface area contributed by atoms with Crippen molar-refractivity contribution < 1.29 is 58.5 Å². The largest absolute Gasteiger partial charge is 1.00 e. The van der Waals surface area contributed by atoms with Crippen LogP contribution in [0.25, 0.3) is 16.6 Å². The molecule has 8 nitrogen and oxygen atoms in total. The van der Waals surface area contributed by atoms with E-state index in [0.717, 1.165) is 11.7 Å². The van der Waals surface area contributed by atoms with Crippen LogP contribution in [0, 0.1) is 0 Å². The second kappa shape index (κ2) is 10.6. The Morgan fingerprint density at radius 1 is 0.971 bits per heavy atom. The standard InChI is InChI=1S/C25H18N2O6S.Na/c1-31-17-4-2-3-14(9-17)10-18(24(28)16-6-8-21-22(12-16)33-13-32-21)23(25(29)30)15-5-7-19-20(11-15)27-34-26-19;/h2-9,11-12H,10,13H2,1H3,(H,29,30);/q;+1/p-1. The third-order valence-corrected chi connectivity index (χ3v) is 6.03. The summed E-state index contributed by atoms with van der Waals surface area (Å²) < 4.78 is 24.4. The number of hydrogen-bond acceptors (Lipinski definition) is 9. The van der Waals surface area contributed by atoms with Crippen LogP contribution in [-0.4, -0.2) is 34.4 Å². The molecule has 0 saturated heterocycles. The van der Waals surface area contributed by atoms with E-state index in [0.29, 0.717) is 39.4 Å². The zero-order valence-corrected chi connectivity index (χ0v) is 21.8. The third kappa shape index (κ3) is 5.08. The van der Waals surface area contributed by atoms with Gasteiger partial charge in [0.2, 0.25) is 6.79 Å². The number of carbonyl (C=O) groups excluding carboxylic acids is 2. The average Bonchev–Trinajstić information content (AvgIpc) is 3.51. The molecule has 0 amide bonds. The van der Waals surface area contributed by atoms with Crippen molar-refractivity contribution in [3.8, 4) is 17.2 Å². The van der Waals surface area contributed by atoms with Gasteiger partial charge in [0.05, 0.1) is 24.8 Å². The maximum atomic E-state index is 13.7. The Labute approximate surface area is 226 Å². The number of carboxylic acid groups (broad SMARTS) is 1. The predicted molar refractivity (Wildman–Crippen MR) is 123 cm³/mol. The fourth-order valence-electron chi connectivity index (χ4n) is 3.83. The van der Waals surface area contributed by atoms with Crippen LogP contribution in [0.5, 0.6) is 17.2 Å². The molecule has 1 aliphatic rings. The molecular weight excluding hydrogens is 479 g/mol.